The quantitative estimate of drug-likeness (QED) is 0.569. The number of methoxy groups -OCH3 is 2. The summed E-state index contributed by atoms with van der Waals surface area (Å²) in [7, 11) is 3.25. The Hall–Kier alpha value is -2.25. The summed E-state index contributed by atoms with van der Waals surface area (Å²) in [6.45, 7) is 0.599. The smallest absolute Gasteiger partial charge is 0.290 e. The Morgan fingerprint density at radius 2 is 2.00 bits per heavy atom. The van der Waals surface area contributed by atoms with Crippen molar-refractivity contribution in [2.45, 2.75) is 12.5 Å². The van der Waals surface area contributed by atoms with Gasteiger partial charge in [-0.3, -0.25) is 4.79 Å². The van der Waals surface area contributed by atoms with E-state index in [1.165, 1.54) is 0 Å². The molecule has 140 valence electrons. The number of hydrogen-bond acceptors (Lipinski definition) is 5. The molecule has 4 rings (SSSR count). The Balaban J connectivity index is 1.82. The highest BCUT2D eigenvalue weighted by molar-refractivity contribution is 9.10. The van der Waals surface area contributed by atoms with Crippen LogP contribution in [0.2, 0.25) is 0 Å². The molecule has 1 aliphatic rings. The Bertz CT molecular complexity index is 967. The molecular formula is C20H18BrNO4S. The fourth-order valence-corrected chi connectivity index (χ4v) is 4.65. The van der Waals surface area contributed by atoms with Crippen LogP contribution in [0.15, 0.2) is 50.9 Å². The van der Waals surface area contributed by atoms with Gasteiger partial charge in [0.25, 0.3) is 5.91 Å². The zero-order chi connectivity index (χ0) is 19.0. The van der Waals surface area contributed by atoms with E-state index in [2.05, 4.69) is 22.0 Å². The van der Waals surface area contributed by atoms with E-state index < -0.39 is 0 Å². The van der Waals surface area contributed by atoms with Crippen LogP contribution in [0.1, 0.15) is 32.6 Å². The second kappa shape index (κ2) is 7.40. The molecule has 0 spiro atoms. The van der Waals surface area contributed by atoms with Gasteiger partial charge in [0.1, 0.15) is 0 Å². The Labute approximate surface area is 169 Å². The number of fused-ring (bicyclic) bond motifs is 1. The van der Waals surface area contributed by atoms with E-state index in [-0.39, 0.29) is 11.9 Å². The van der Waals surface area contributed by atoms with Crippen LogP contribution in [0.3, 0.4) is 0 Å². The summed E-state index contributed by atoms with van der Waals surface area (Å²) < 4.78 is 17.0. The lowest BCUT2D eigenvalue weighted by atomic mass is 9.90. The van der Waals surface area contributed by atoms with Crippen LogP contribution in [-0.4, -0.2) is 31.6 Å². The molecule has 1 aromatic carbocycles. The molecule has 27 heavy (non-hydrogen) atoms. The van der Waals surface area contributed by atoms with E-state index in [0.717, 1.165) is 22.4 Å². The molecule has 0 radical (unpaired) electrons. The minimum Gasteiger partial charge on any atom is -0.493 e. The Morgan fingerprint density at radius 1 is 1.22 bits per heavy atom. The first-order valence-corrected chi connectivity index (χ1v) is 10.1. The highest BCUT2D eigenvalue weighted by Crippen LogP contribution is 2.42. The summed E-state index contributed by atoms with van der Waals surface area (Å²) in [6.07, 6.45) is 0.741. The van der Waals surface area contributed by atoms with Crippen LogP contribution in [0, 0.1) is 0 Å². The number of hydrogen-bond donors (Lipinski definition) is 0. The molecule has 0 saturated carbocycles. The number of furan rings is 1. The fraction of sp³-hybridized carbons (Fsp3) is 0.250. The molecule has 0 saturated heterocycles. The molecule has 1 amide bonds. The first-order chi connectivity index (χ1) is 13.1. The number of thiophene rings is 1. The Kier molecular flexibility index (Phi) is 4.97. The second-order valence-corrected chi connectivity index (χ2v) is 7.94. The van der Waals surface area contributed by atoms with Crippen LogP contribution in [0.4, 0.5) is 0 Å². The van der Waals surface area contributed by atoms with Gasteiger partial charge in [0, 0.05) is 11.4 Å². The van der Waals surface area contributed by atoms with Crippen molar-refractivity contribution >= 4 is 33.2 Å². The van der Waals surface area contributed by atoms with E-state index >= 15 is 0 Å². The number of halogens is 1. The van der Waals surface area contributed by atoms with Gasteiger partial charge in [-0.15, -0.1) is 11.3 Å². The molecule has 3 aromatic rings. The van der Waals surface area contributed by atoms with E-state index in [9.17, 15) is 4.79 Å². The molecule has 0 bridgehead atoms. The largest absolute Gasteiger partial charge is 0.493 e. The molecule has 1 aliphatic heterocycles. The minimum absolute atomic E-state index is 0.125. The van der Waals surface area contributed by atoms with Crippen molar-refractivity contribution in [1.82, 2.24) is 4.90 Å². The average Bonchev–Trinajstić information content (AvgIpc) is 3.37. The van der Waals surface area contributed by atoms with E-state index in [1.807, 2.05) is 28.5 Å². The number of rotatable bonds is 4. The predicted molar refractivity (Wildman–Crippen MR) is 107 cm³/mol. The fourth-order valence-electron chi connectivity index (χ4n) is 3.49. The summed E-state index contributed by atoms with van der Waals surface area (Å²) in [5.74, 6) is 1.57. The number of amides is 1. The third-order valence-electron chi connectivity index (χ3n) is 4.73. The molecule has 0 unspecified atom stereocenters. The number of carbonyl (C=O) groups excluding carboxylic acids is 1. The van der Waals surface area contributed by atoms with E-state index in [1.54, 1.807) is 37.7 Å². The lowest BCUT2D eigenvalue weighted by Crippen LogP contribution is -2.40. The third kappa shape index (κ3) is 3.26. The average molecular weight is 448 g/mol. The standard InChI is InChI=1S/C20H18BrNO4S/c1-24-15-10-12-7-8-22(20(23)14-5-6-18(21)26-14)19(17-4-3-9-27-17)13(12)11-16(15)25-2/h3-6,9-11,19H,7-8H2,1-2H3/t19-/m1/s1. The van der Waals surface area contributed by atoms with E-state index in [0.29, 0.717) is 28.5 Å². The highest BCUT2D eigenvalue weighted by Gasteiger charge is 2.35. The lowest BCUT2D eigenvalue weighted by Gasteiger charge is -2.37. The maximum atomic E-state index is 13.2. The van der Waals surface area contributed by atoms with Crippen molar-refractivity contribution in [2.75, 3.05) is 20.8 Å². The summed E-state index contributed by atoms with van der Waals surface area (Å²) in [4.78, 5) is 16.1. The van der Waals surface area contributed by atoms with Gasteiger partial charge < -0.3 is 18.8 Å². The maximum Gasteiger partial charge on any atom is 0.290 e. The second-order valence-electron chi connectivity index (χ2n) is 6.18. The van der Waals surface area contributed by atoms with Crippen molar-refractivity contribution in [3.05, 3.63) is 68.2 Å². The maximum absolute atomic E-state index is 13.2. The first kappa shape index (κ1) is 18.1. The van der Waals surface area contributed by atoms with Crippen molar-refractivity contribution < 1.29 is 18.7 Å². The summed E-state index contributed by atoms with van der Waals surface area (Å²) >= 11 is 4.91. The number of nitrogens with zero attached hydrogens (tertiary/aromatic N) is 1. The first-order valence-electron chi connectivity index (χ1n) is 8.47. The number of carbonyl (C=O) groups is 1. The molecule has 0 aliphatic carbocycles. The van der Waals surface area contributed by atoms with Crippen LogP contribution in [0.5, 0.6) is 11.5 Å². The number of benzene rings is 1. The van der Waals surface area contributed by atoms with Gasteiger partial charge in [0.2, 0.25) is 0 Å². The minimum atomic E-state index is -0.190. The van der Waals surface area contributed by atoms with Gasteiger partial charge in [-0.2, -0.15) is 0 Å². The van der Waals surface area contributed by atoms with Gasteiger partial charge in [-0.1, -0.05) is 6.07 Å². The molecular weight excluding hydrogens is 430 g/mol. The topological polar surface area (TPSA) is 51.9 Å². The van der Waals surface area contributed by atoms with Gasteiger partial charge in [-0.05, 0) is 69.2 Å². The van der Waals surface area contributed by atoms with Gasteiger partial charge >= 0.3 is 0 Å². The van der Waals surface area contributed by atoms with Crippen LogP contribution in [0.25, 0.3) is 0 Å². The normalized spacial score (nSPS) is 16.1. The zero-order valence-corrected chi connectivity index (χ0v) is 17.3. The molecule has 3 heterocycles. The molecule has 1 atom stereocenters. The zero-order valence-electron chi connectivity index (χ0n) is 14.9. The lowest BCUT2D eigenvalue weighted by molar-refractivity contribution is 0.0663. The van der Waals surface area contributed by atoms with Crippen LogP contribution in [-0.2, 0) is 6.42 Å². The summed E-state index contributed by atoms with van der Waals surface area (Å²) in [6, 6.07) is 11.3. The molecule has 0 N–H and O–H groups in total. The molecule has 5 nitrogen and oxygen atoms in total. The van der Waals surface area contributed by atoms with Gasteiger partial charge in [-0.25, -0.2) is 0 Å². The van der Waals surface area contributed by atoms with Crippen LogP contribution >= 0.6 is 27.3 Å². The molecule has 7 heteroatoms. The molecule has 0 fully saturated rings. The van der Waals surface area contributed by atoms with Crippen molar-refractivity contribution in [1.29, 1.82) is 0 Å². The van der Waals surface area contributed by atoms with Gasteiger partial charge in [0.15, 0.2) is 21.9 Å². The summed E-state index contributed by atoms with van der Waals surface area (Å²) in [5, 5.41) is 2.02. The van der Waals surface area contributed by atoms with Crippen molar-refractivity contribution in [3.63, 3.8) is 0 Å². The Morgan fingerprint density at radius 3 is 2.63 bits per heavy atom. The summed E-state index contributed by atoms with van der Waals surface area (Å²) in [5.41, 5.74) is 2.22. The highest BCUT2D eigenvalue weighted by atomic mass is 79.9. The predicted octanol–water partition coefficient (Wildman–Crippen LogP) is 4.91. The van der Waals surface area contributed by atoms with Crippen LogP contribution < -0.4 is 9.47 Å². The molecule has 2 aromatic heterocycles. The monoisotopic (exact) mass is 447 g/mol. The third-order valence-corrected chi connectivity index (χ3v) is 6.08. The van der Waals surface area contributed by atoms with Crippen molar-refractivity contribution in [3.8, 4) is 11.5 Å². The SMILES string of the molecule is COc1cc2c(cc1OC)[C@H](c1cccs1)N(C(=O)c1ccc(Br)o1)CC2. The number of ether oxygens (including phenoxy) is 2. The van der Waals surface area contributed by atoms with E-state index in [4.69, 9.17) is 13.9 Å². The van der Waals surface area contributed by atoms with Gasteiger partial charge in [0.05, 0.1) is 20.3 Å². The van der Waals surface area contributed by atoms with Crippen molar-refractivity contribution in [2.24, 2.45) is 0 Å².